The number of carboxylic acids is 1. The van der Waals surface area contributed by atoms with Gasteiger partial charge in [-0.3, -0.25) is 4.79 Å². The second kappa shape index (κ2) is 3.79. The summed E-state index contributed by atoms with van der Waals surface area (Å²) in [7, 11) is 0. The van der Waals surface area contributed by atoms with E-state index in [2.05, 4.69) is 15.9 Å². The fourth-order valence-corrected chi connectivity index (χ4v) is 1.31. The van der Waals surface area contributed by atoms with E-state index in [0.717, 1.165) is 5.56 Å². The molecule has 0 heterocycles. The van der Waals surface area contributed by atoms with Crippen molar-refractivity contribution in [2.24, 2.45) is 0 Å². The van der Waals surface area contributed by atoms with Crippen LogP contribution in [0.3, 0.4) is 0 Å². The minimum Gasteiger partial charge on any atom is -0.507 e. The Morgan fingerprint density at radius 2 is 1.93 bits per heavy atom. The number of rotatable bonds is 2. The van der Waals surface area contributed by atoms with Crippen LogP contribution in [0.15, 0.2) is 16.6 Å². The highest BCUT2D eigenvalue weighted by Gasteiger charge is 2.19. The Labute approximate surface area is 88.3 Å². The van der Waals surface area contributed by atoms with Crippen LogP contribution < -0.4 is 0 Å². The van der Waals surface area contributed by atoms with E-state index < -0.39 is 11.8 Å². The second-order valence-corrected chi connectivity index (χ2v) is 3.61. The first-order valence-electron chi connectivity index (χ1n) is 3.70. The first kappa shape index (κ1) is 10.7. The Balaban J connectivity index is 3.29. The number of benzene rings is 1. The van der Waals surface area contributed by atoms with Crippen LogP contribution in [0.2, 0.25) is 0 Å². The molecule has 1 aromatic carbocycles. The number of carbonyl (C=O) groups excluding carboxylic acids is 1. The second-order valence-electron chi connectivity index (χ2n) is 2.75. The summed E-state index contributed by atoms with van der Waals surface area (Å²) in [5.41, 5.74) is 0.513. The van der Waals surface area contributed by atoms with Gasteiger partial charge in [0.25, 0.3) is 5.78 Å². The van der Waals surface area contributed by atoms with Crippen LogP contribution in [0.25, 0.3) is 0 Å². The van der Waals surface area contributed by atoms with Gasteiger partial charge in [0.05, 0.1) is 5.56 Å². The van der Waals surface area contributed by atoms with Gasteiger partial charge in [-0.2, -0.15) is 0 Å². The highest BCUT2D eigenvalue weighted by Crippen LogP contribution is 2.26. The smallest absolute Gasteiger partial charge is 0.377 e. The van der Waals surface area contributed by atoms with Crippen molar-refractivity contribution in [2.45, 2.75) is 6.92 Å². The van der Waals surface area contributed by atoms with Gasteiger partial charge in [0.1, 0.15) is 5.75 Å². The first-order valence-corrected chi connectivity index (χ1v) is 4.49. The third-order valence-corrected chi connectivity index (χ3v) is 2.57. The van der Waals surface area contributed by atoms with Crippen molar-refractivity contribution in [3.63, 3.8) is 0 Å². The van der Waals surface area contributed by atoms with Gasteiger partial charge in [0.2, 0.25) is 0 Å². The predicted octanol–water partition coefficient (Wildman–Crippen LogP) is 1.73. The van der Waals surface area contributed by atoms with E-state index in [1.165, 1.54) is 12.1 Å². The summed E-state index contributed by atoms with van der Waals surface area (Å²) in [6, 6.07) is 2.63. The van der Waals surface area contributed by atoms with Crippen molar-refractivity contribution in [1.29, 1.82) is 0 Å². The molecule has 1 aromatic rings. The zero-order chi connectivity index (χ0) is 10.9. The van der Waals surface area contributed by atoms with Crippen LogP contribution in [0, 0.1) is 6.92 Å². The minimum atomic E-state index is -1.59. The Kier molecular flexibility index (Phi) is 2.90. The maximum Gasteiger partial charge on any atom is 0.377 e. The van der Waals surface area contributed by atoms with Crippen LogP contribution in [-0.2, 0) is 4.79 Å². The Hall–Kier alpha value is -1.36. The van der Waals surface area contributed by atoms with E-state index in [4.69, 9.17) is 5.11 Å². The number of aryl methyl sites for hydroxylation is 1. The lowest BCUT2D eigenvalue weighted by molar-refractivity contribution is -0.131. The number of phenols is 1. The highest BCUT2D eigenvalue weighted by molar-refractivity contribution is 9.10. The lowest BCUT2D eigenvalue weighted by Crippen LogP contribution is -2.12. The largest absolute Gasteiger partial charge is 0.507 e. The number of hydrogen-bond acceptors (Lipinski definition) is 3. The lowest BCUT2D eigenvalue weighted by Gasteiger charge is -2.03. The average molecular weight is 259 g/mol. The van der Waals surface area contributed by atoms with E-state index in [9.17, 15) is 14.7 Å². The Morgan fingerprint density at radius 1 is 1.36 bits per heavy atom. The number of aliphatic carboxylic acids is 1. The first-order chi connectivity index (χ1) is 6.43. The molecule has 0 atom stereocenters. The van der Waals surface area contributed by atoms with Gasteiger partial charge in [0, 0.05) is 4.47 Å². The molecule has 0 fully saturated rings. The third-order valence-electron chi connectivity index (χ3n) is 1.72. The number of hydrogen-bond donors (Lipinski definition) is 2. The van der Waals surface area contributed by atoms with Crippen molar-refractivity contribution >= 4 is 27.7 Å². The molecule has 0 radical (unpaired) electrons. The van der Waals surface area contributed by atoms with Gasteiger partial charge in [-0.1, -0.05) is 15.9 Å². The minimum absolute atomic E-state index is 0.213. The quantitative estimate of drug-likeness (QED) is 0.626. The molecule has 0 saturated carbocycles. The lowest BCUT2D eigenvalue weighted by atomic mass is 10.1. The summed E-state index contributed by atoms with van der Waals surface area (Å²) >= 11 is 3.14. The molecule has 1 rings (SSSR count). The van der Waals surface area contributed by atoms with Gasteiger partial charge in [-0.15, -0.1) is 0 Å². The summed E-state index contributed by atoms with van der Waals surface area (Å²) in [5, 5.41) is 17.8. The summed E-state index contributed by atoms with van der Waals surface area (Å²) < 4.78 is 0.583. The number of ketones is 1. The van der Waals surface area contributed by atoms with Crippen molar-refractivity contribution in [1.82, 2.24) is 0 Å². The molecule has 5 heteroatoms. The molecule has 0 aliphatic heterocycles. The predicted molar refractivity (Wildman–Crippen MR) is 52.5 cm³/mol. The molecule has 0 aliphatic rings. The van der Waals surface area contributed by atoms with Gasteiger partial charge in [-0.25, -0.2) is 4.79 Å². The maximum absolute atomic E-state index is 11.0. The summed E-state index contributed by atoms with van der Waals surface area (Å²) in [6.07, 6.45) is 0. The molecule has 0 amide bonds. The van der Waals surface area contributed by atoms with E-state index in [1.54, 1.807) is 6.92 Å². The standard InChI is InChI=1S/C9H7BrO4/c1-4-2-7(11)5(3-6(4)10)8(12)9(13)14/h2-3,11H,1H3,(H,13,14). The molecule has 0 aromatic heterocycles. The Morgan fingerprint density at radius 3 is 2.43 bits per heavy atom. The number of carbonyl (C=O) groups is 2. The molecule has 4 nitrogen and oxygen atoms in total. The molecule has 74 valence electrons. The van der Waals surface area contributed by atoms with Gasteiger partial charge < -0.3 is 10.2 Å². The number of carboxylic acid groups (broad SMARTS) is 1. The monoisotopic (exact) mass is 258 g/mol. The number of phenolic OH excluding ortho intramolecular Hbond substituents is 1. The highest BCUT2D eigenvalue weighted by atomic mass is 79.9. The summed E-state index contributed by atoms with van der Waals surface area (Å²) in [6.45, 7) is 1.72. The van der Waals surface area contributed by atoms with Crippen LogP contribution in [0.5, 0.6) is 5.75 Å². The van der Waals surface area contributed by atoms with E-state index in [1.807, 2.05) is 0 Å². The summed E-state index contributed by atoms with van der Waals surface area (Å²) in [5.74, 6) is -3.03. The zero-order valence-corrected chi connectivity index (χ0v) is 8.83. The fraction of sp³-hybridized carbons (Fsp3) is 0.111. The number of Topliss-reactive ketones (excluding diaryl/α,β-unsaturated/α-hetero) is 1. The van der Waals surface area contributed by atoms with Crippen LogP contribution >= 0.6 is 15.9 Å². The fourth-order valence-electron chi connectivity index (χ4n) is 0.963. The molecule has 0 spiro atoms. The molecule has 0 unspecified atom stereocenters. The van der Waals surface area contributed by atoms with Crippen LogP contribution in [0.1, 0.15) is 15.9 Å². The topological polar surface area (TPSA) is 74.6 Å². The normalized spacial score (nSPS) is 9.86. The Bertz CT molecular complexity index is 412. The third kappa shape index (κ3) is 1.93. The summed E-state index contributed by atoms with van der Waals surface area (Å²) in [4.78, 5) is 21.4. The number of aromatic hydroxyl groups is 1. The van der Waals surface area contributed by atoms with Crippen molar-refractivity contribution < 1.29 is 19.8 Å². The molecular weight excluding hydrogens is 252 g/mol. The molecule has 0 aliphatic carbocycles. The van der Waals surface area contributed by atoms with Crippen molar-refractivity contribution in [2.75, 3.05) is 0 Å². The van der Waals surface area contributed by atoms with Gasteiger partial charge >= 0.3 is 5.97 Å². The molecule has 0 bridgehead atoms. The van der Waals surface area contributed by atoms with E-state index in [-0.39, 0.29) is 11.3 Å². The van der Waals surface area contributed by atoms with Crippen LogP contribution in [0.4, 0.5) is 0 Å². The molecule has 2 N–H and O–H groups in total. The SMILES string of the molecule is Cc1cc(O)c(C(=O)C(=O)O)cc1Br. The van der Waals surface area contributed by atoms with E-state index in [0.29, 0.717) is 4.47 Å². The van der Waals surface area contributed by atoms with Gasteiger partial charge in [-0.05, 0) is 24.6 Å². The van der Waals surface area contributed by atoms with Gasteiger partial charge in [0.15, 0.2) is 0 Å². The van der Waals surface area contributed by atoms with E-state index >= 15 is 0 Å². The molecular formula is C9H7BrO4. The molecule has 0 saturated heterocycles. The molecule has 14 heavy (non-hydrogen) atoms. The van der Waals surface area contributed by atoms with Crippen LogP contribution in [-0.4, -0.2) is 22.0 Å². The van der Waals surface area contributed by atoms with Crippen molar-refractivity contribution in [3.05, 3.63) is 27.7 Å². The average Bonchev–Trinajstić information content (AvgIpc) is 2.10. The van der Waals surface area contributed by atoms with Crippen molar-refractivity contribution in [3.8, 4) is 5.75 Å². The number of halogens is 1. The zero-order valence-electron chi connectivity index (χ0n) is 7.24. The maximum atomic E-state index is 11.0.